The van der Waals surface area contributed by atoms with Crippen molar-refractivity contribution in [1.29, 1.82) is 0 Å². The Labute approximate surface area is 121 Å². The fourth-order valence-corrected chi connectivity index (χ4v) is 4.89. The van der Waals surface area contributed by atoms with Gasteiger partial charge in [-0.25, -0.2) is 12.8 Å². The average molecular weight is 314 g/mol. The largest absolute Gasteiger partial charge is 0.254 e. The Morgan fingerprint density at radius 1 is 1.50 bits per heavy atom. The Morgan fingerprint density at radius 3 is 3.05 bits per heavy atom. The molecule has 2 aromatic heterocycles. The van der Waals surface area contributed by atoms with Crippen LogP contribution in [0.4, 0.5) is 4.39 Å². The third kappa shape index (κ3) is 2.45. The first-order chi connectivity index (χ1) is 9.38. The van der Waals surface area contributed by atoms with Gasteiger partial charge in [-0.3, -0.25) is 4.98 Å². The van der Waals surface area contributed by atoms with Gasteiger partial charge < -0.3 is 0 Å². The fourth-order valence-electron chi connectivity index (χ4n) is 2.47. The molecule has 0 spiro atoms. The third-order valence-corrected chi connectivity index (χ3v) is 6.19. The van der Waals surface area contributed by atoms with Gasteiger partial charge in [0, 0.05) is 19.3 Å². The third-order valence-electron chi connectivity index (χ3n) is 3.53. The van der Waals surface area contributed by atoms with Gasteiger partial charge in [-0.1, -0.05) is 0 Å². The lowest BCUT2D eigenvalue weighted by Gasteiger charge is -2.34. The lowest BCUT2D eigenvalue weighted by molar-refractivity contribution is 0.102. The van der Waals surface area contributed by atoms with Gasteiger partial charge in [0.05, 0.1) is 10.2 Å². The summed E-state index contributed by atoms with van der Waals surface area (Å²) in [5, 5.41) is 1.87. The van der Waals surface area contributed by atoms with Crippen LogP contribution in [-0.4, -0.2) is 36.5 Å². The van der Waals surface area contributed by atoms with Crippen molar-refractivity contribution in [3.05, 3.63) is 23.7 Å². The normalized spacial score (nSPS) is 25.1. The van der Waals surface area contributed by atoms with Crippen molar-refractivity contribution in [3.8, 4) is 0 Å². The number of fused-ring (bicyclic) bond motifs is 1. The summed E-state index contributed by atoms with van der Waals surface area (Å²) in [4.78, 5) is 4.29. The highest BCUT2D eigenvalue weighted by atomic mass is 32.2. The van der Waals surface area contributed by atoms with Crippen LogP contribution in [0.25, 0.3) is 10.2 Å². The van der Waals surface area contributed by atoms with Crippen LogP contribution in [0, 0.1) is 0 Å². The number of rotatable bonds is 2. The molecule has 2 aromatic rings. The van der Waals surface area contributed by atoms with Crippen LogP contribution in [0.1, 0.15) is 19.8 Å². The zero-order chi connectivity index (χ0) is 14.4. The van der Waals surface area contributed by atoms with E-state index in [9.17, 15) is 12.8 Å². The number of thiophene rings is 1. The Hall–Kier alpha value is -1.05. The summed E-state index contributed by atoms with van der Waals surface area (Å²) in [6, 6.07) is 3.46. The first-order valence-corrected chi connectivity index (χ1v) is 8.73. The molecule has 0 bridgehead atoms. The summed E-state index contributed by atoms with van der Waals surface area (Å²) in [5.41, 5.74) is -0.672. The van der Waals surface area contributed by atoms with Gasteiger partial charge in [0.25, 0.3) is 0 Å². The minimum absolute atomic E-state index is 0.0855. The molecule has 1 unspecified atom stereocenters. The molecule has 0 amide bonds. The molecular weight excluding hydrogens is 299 g/mol. The number of piperidine rings is 1. The zero-order valence-electron chi connectivity index (χ0n) is 11.0. The molecule has 1 fully saturated rings. The Balaban J connectivity index is 1.98. The first kappa shape index (κ1) is 13.9. The maximum atomic E-state index is 14.1. The van der Waals surface area contributed by atoms with E-state index in [0.29, 0.717) is 19.4 Å². The van der Waals surface area contributed by atoms with Gasteiger partial charge in [-0.2, -0.15) is 4.31 Å². The lowest BCUT2D eigenvalue weighted by atomic mass is 9.99. The summed E-state index contributed by atoms with van der Waals surface area (Å²) in [7, 11) is -3.66. The Morgan fingerprint density at radius 2 is 2.30 bits per heavy atom. The number of sulfonamides is 1. The molecule has 0 radical (unpaired) electrons. The number of halogens is 1. The van der Waals surface area contributed by atoms with Crippen LogP contribution in [0.3, 0.4) is 0 Å². The van der Waals surface area contributed by atoms with Crippen molar-refractivity contribution in [3.63, 3.8) is 0 Å². The second kappa shape index (κ2) is 4.75. The minimum atomic E-state index is -3.66. The molecule has 4 nitrogen and oxygen atoms in total. The van der Waals surface area contributed by atoms with E-state index in [1.165, 1.54) is 28.8 Å². The second-order valence-electron chi connectivity index (χ2n) is 5.33. The summed E-state index contributed by atoms with van der Waals surface area (Å²) in [5.74, 6) is 0. The molecule has 0 aromatic carbocycles. The van der Waals surface area contributed by atoms with Gasteiger partial charge in [0.15, 0.2) is 0 Å². The standard InChI is InChI=1S/C13H15FN2O2S2/c1-13(14)4-2-5-16(9-13)20(17,18)10-7-12-11(15-8-10)3-6-19-12/h3,6-8H,2,4-5,9H2,1H3. The van der Waals surface area contributed by atoms with Crippen LogP contribution in [0.15, 0.2) is 28.6 Å². The van der Waals surface area contributed by atoms with E-state index in [-0.39, 0.29) is 11.4 Å². The second-order valence-corrected chi connectivity index (χ2v) is 8.22. The molecule has 3 heterocycles. The van der Waals surface area contributed by atoms with Crippen molar-refractivity contribution in [2.45, 2.75) is 30.3 Å². The number of alkyl halides is 1. The van der Waals surface area contributed by atoms with E-state index in [4.69, 9.17) is 0 Å². The zero-order valence-corrected chi connectivity index (χ0v) is 12.7. The summed E-state index contributed by atoms with van der Waals surface area (Å²) in [6.07, 6.45) is 2.30. The van der Waals surface area contributed by atoms with Gasteiger partial charge >= 0.3 is 0 Å². The molecule has 7 heteroatoms. The predicted octanol–water partition coefficient (Wildman–Crippen LogP) is 2.81. The maximum Gasteiger partial charge on any atom is 0.244 e. The Bertz CT molecular complexity index is 740. The van der Waals surface area contributed by atoms with Crippen LogP contribution in [0.2, 0.25) is 0 Å². The monoisotopic (exact) mass is 314 g/mol. The average Bonchev–Trinajstić information content (AvgIpc) is 2.84. The van der Waals surface area contributed by atoms with Gasteiger partial charge in [0.2, 0.25) is 10.0 Å². The first-order valence-electron chi connectivity index (χ1n) is 6.41. The minimum Gasteiger partial charge on any atom is -0.254 e. The van der Waals surface area contributed by atoms with E-state index in [1.54, 1.807) is 6.07 Å². The molecular formula is C13H15FN2O2S2. The molecule has 0 N–H and O–H groups in total. The fraction of sp³-hybridized carbons (Fsp3) is 0.462. The molecule has 1 atom stereocenters. The lowest BCUT2D eigenvalue weighted by Crippen LogP contribution is -2.46. The van der Waals surface area contributed by atoms with E-state index in [2.05, 4.69) is 4.98 Å². The van der Waals surface area contributed by atoms with Crippen molar-refractivity contribution in [1.82, 2.24) is 9.29 Å². The van der Waals surface area contributed by atoms with E-state index in [1.807, 2.05) is 11.4 Å². The quantitative estimate of drug-likeness (QED) is 0.856. The highest BCUT2D eigenvalue weighted by Crippen LogP contribution is 2.30. The predicted molar refractivity (Wildman–Crippen MR) is 77.1 cm³/mol. The highest BCUT2D eigenvalue weighted by Gasteiger charge is 2.37. The number of hydrogen-bond acceptors (Lipinski definition) is 4. The van der Waals surface area contributed by atoms with Crippen molar-refractivity contribution >= 4 is 31.6 Å². The SMILES string of the molecule is CC1(F)CCCN(S(=O)(=O)c2cnc3ccsc3c2)C1. The topological polar surface area (TPSA) is 50.3 Å². The number of aromatic nitrogens is 1. The van der Waals surface area contributed by atoms with Gasteiger partial charge in [0.1, 0.15) is 10.6 Å². The van der Waals surface area contributed by atoms with Crippen LogP contribution >= 0.6 is 11.3 Å². The van der Waals surface area contributed by atoms with Crippen molar-refractivity contribution < 1.29 is 12.8 Å². The maximum absolute atomic E-state index is 14.1. The summed E-state index contributed by atoms with van der Waals surface area (Å²) in [6.45, 7) is 1.73. The highest BCUT2D eigenvalue weighted by molar-refractivity contribution is 7.89. The molecule has 20 heavy (non-hydrogen) atoms. The van der Waals surface area contributed by atoms with Gasteiger partial charge in [-0.15, -0.1) is 11.3 Å². The van der Waals surface area contributed by atoms with Crippen LogP contribution in [0.5, 0.6) is 0 Å². The number of pyridine rings is 1. The van der Waals surface area contributed by atoms with Crippen molar-refractivity contribution in [2.24, 2.45) is 0 Å². The van der Waals surface area contributed by atoms with Gasteiger partial charge in [-0.05, 0) is 37.3 Å². The molecule has 1 aliphatic heterocycles. The molecule has 1 saturated heterocycles. The van der Waals surface area contributed by atoms with Crippen LogP contribution in [-0.2, 0) is 10.0 Å². The molecule has 0 aliphatic carbocycles. The van der Waals surface area contributed by atoms with E-state index < -0.39 is 15.7 Å². The smallest absolute Gasteiger partial charge is 0.244 e. The molecule has 108 valence electrons. The summed E-state index contributed by atoms with van der Waals surface area (Å²) >= 11 is 1.44. The number of nitrogens with zero attached hydrogens (tertiary/aromatic N) is 2. The van der Waals surface area contributed by atoms with E-state index >= 15 is 0 Å². The van der Waals surface area contributed by atoms with E-state index in [0.717, 1.165) is 10.2 Å². The molecule has 0 saturated carbocycles. The summed E-state index contributed by atoms with van der Waals surface area (Å²) < 4.78 is 41.2. The van der Waals surface area contributed by atoms with Crippen molar-refractivity contribution in [2.75, 3.05) is 13.1 Å². The van der Waals surface area contributed by atoms with Crippen LogP contribution < -0.4 is 0 Å². The number of hydrogen-bond donors (Lipinski definition) is 0. The Kier molecular flexibility index (Phi) is 3.30. The molecule has 3 rings (SSSR count). The molecule has 1 aliphatic rings.